The van der Waals surface area contributed by atoms with Gasteiger partial charge in [0.25, 0.3) is 0 Å². The molecule has 2 aromatic carbocycles. The number of carboxylic acids is 1. The number of pyridine rings is 1. The van der Waals surface area contributed by atoms with Crippen molar-refractivity contribution in [2.75, 3.05) is 0 Å². The highest BCUT2D eigenvalue weighted by atomic mass is 19.1. The molecular weight excluding hydrogens is 433 g/mol. The number of hydrogen-bond donors (Lipinski definition) is 3. The summed E-state index contributed by atoms with van der Waals surface area (Å²) in [5.74, 6) is -4.79. The van der Waals surface area contributed by atoms with E-state index in [1.807, 2.05) is 25.1 Å². The lowest BCUT2D eigenvalue weighted by Crippen LogP contribution is -2.51. The lowest BCUT2D eigenvalue weighted by Gasteiger charge is -2.44. The number of carboxylic acid groups (broad SMARTS) is 1. The van der Waals surface area contributed by atoms with Gasteiger partial charge in [-0.05, 0) is 59.4 Å². The van der Waals surface area contributed by atoms with Gasteiger partial charge in [0.15, 0.2) is 0 Å². The third kappa shape index (κ3) is 4.79. The first kappa shape index (κ1) is 25.3. The van der Waals surface area contributed by atoms with E-state index in [0.29, 0.717) is 16.7 Å². The predicted octanol–water partition coefficient (Wildman–Crippen LogP) is 4.93. The summed E-state index contributed by atoms with van der Waals surface area (Å²) in [7, 11) is 0. The second-order valence-electron chi connectivity index (χ2n) is 8.91. The molecular formula is C28H30FNO4. The molecule has 6 heteroatoms. The normalized spacial score (nSPS) is 15.9. The van der Waals surface area contributed by atoms with Crippen molar-refractivity contribution in [3.8, 4) is 0 Å². The molecule has 4 atom stereocenters. The van der Waals surface area contributed by atoms with Gasteiger partial charge < -0.3 is 15.3 Å². The molecule has 178 valence electrons. The maximum Gasteiger partial charge on any atom is 0.310 e. The van der Waals surface area contributed by atoms with E-state index in [2.05, 4.69) is 11.6 Å². The van der Waals surface area contributed by atoms with Gasteiger partial charge in [-0.25, -0.2) is 4.39 Å². The van der Waals surface area contributed by atoms with Crippen LogP contribution in [0.3, 0.4) is 0 Å². The Kier molecular flexibility index (Phi) is 7.64. The molecule has 0 fully saturated rings. The van der Waals surface area contributed by atoms with E-state index < -0.39 is 41.2 Å². The van der Waals surface area contributed by atoms with Gasteiger partial charge in [0.2, 0.25) is 0 Å². The number of halogens is 1. The summed E-state index contributed by atoms with van der Waals surface area (Å²) in [5.41, 5.74) is 0.177. The maximum atomic E-state index is 13.8. The van der Waals surface area contributed by atoms with E-state index in [0.717, 1.165) is 5.56 Å². The van der Waals surface area contributed by atoms with Crippen LogP contribution >= 0.6 is 0 Å². The number of hydrogen-bond acceptors (Lipinski definition) is 4. The van der Waals surface area contributed by atoms with E-state index in [-0.39, 0.29) is 5.69 Å². The molecule has 34 heavy (non-hydrogen) atoms. The zero-order chi connectivity index (χ0) is 25.0. The molecule has 3 rings (SSSR count). The highest BCUT2D eigenvalue weighted by molar-refractivity contribution is 5.74. The summed E-state index contributed by atoms with van der Waals surface area (Å²) in [6.45, 7) is 9.36. The molecule has 0 bridgehead atoms. The van der Waals surface area contributed by atoms with E-state index in [1.165, 1.54) is 36.5 Å². The number of aromatic nitrogens is 1. The van der Waals surface area contributed by atoms with Gasteiger partial charge in [0.1, 0.15) is 11.4 Å². The van der Waals surface area contributed by atoms with Crippen molar-refractivity contribution in [3.05, 3.63) is 108 Å². The van der Waals surface area contributed by atoms with Gasteiger partial charge in [-0.15, -0.1) is 0 Å². The average Bonchev–Trinajstić information content (AvgIpc) is 2.80. The van der Waals surface area contributed by atoms with Crippen LogP contribution in [0.5, 0.6) is 0 Å². The van der Waals surface area contributed by atoms with E-state index in [9.17, 15) is 24.5 Å². The van der Waals surface area contributed by atoms with Crippen molar-refractivity contribution in [2.24, 2.45) is 11.8 Å². The van der Waals surface area contributed by atoms with Gasteiger partial charge >= 0.3 is 5.97 Å². The molecule has 5 nitrogen and oxygen atoms in total. The summed E-state index contributed by atoms with van der Waals surface area (Å²) in [4.78, 5) is 16.8. The Morgan fingerprint density at radius 3 is 2.18 bits per heavy atom. The minimum absolute atomic E-state index is 0.0991. The number of aliphatic hydroxyl groups excluding tert-OH is 1. The zero-order valence-electron chi connectivity index (χ0n) is 19.5. The number of aliphatic hydroxyl groups is 2. The van der Waals surface area contributed by atoms with Crippen LogP contribution in [0.2, 0.25) is 0 Å². The predicted molar refractivity (Wildman–Crippen MR) is 129 cm³/mol. The fourth-order valence-corrected chi connectivity index (χ4v) is 4.73. The first-order valence-electron chi connectivity index (χ1n) is 11.1. The minimum Gasteiger partial charge on any atom is -0.481 e. The first-order chi connectivity index (χ1) is 16.1. The maximum absolute atomic E-state index is 13.8. The van der Waals surface area contributed by atoms with E-state index in [1.54, 1.807) is 32.0 Å². The minimum atomic E-state index is -2.15. The summed E-state index contributed by atoms with van der Waals surface area (Å²) in [5, 5.41) is 34.3. The van der Waals surface area contributed by atoms with Gasteiger partial charge in [-0.3, -0.25) is 9.78 Å². The number of rotatable bonds is 9. The highest BCUT2D eigenvalue weighted by Gasteiger charge is 2.54. The fourth-order valence-electron chi connectivity index (χ4n) is 4.73. The van der Waals surface area contributed by atoms with Crippen LogP contribution in [-0.4, -0.2) is 32.4 Å². The zero-order valence-corrected chi connectivity index (χ0v) is 19.5. The standard InChI is InChI=1S/C28H30FNO4/c1-17(2)24(27(32)33)28(34,23-11-7-8-16-30-23)25(20-12-14-21(29)15-13-20)26(31)19(4)22-10-6-5-9-18(22)3/h5-17,24-26,31,34H,4H2,1-3H3,(H,32,33). The molecule has 3 aromatic rings. The van der Waals surface area contributed by atoms with Crippen LogP contribution in [-0.2, 0) is 10.4 Å². The molecule has 0 amide bonds. The monoisotopic (exact) mass is 463 g/mol. The quantitative estimate of drug-likeness (QED) is 0.419. The topological polar surface area (TPSA) is 90.7 Å². The van der Waals surface area contributed by atoms with E-state index >= 15 is 0 Å². The molecule has 0 aliphatic heterocycles. The number of aryl methyl sites for hydroxylation is 1. The molecule has 3 N–H and O–H groups in total. The van der Waals surface area contributed by atoms with Gasteiger partial charge in [-0.1, -0.05) is 62.9 Å². The second-order valence-corrected chi connectivity index (χ2v) is 8.91. The van der Waals surface area contributed by atoms with Gasteiger partial charge in [0.05, 0.1) is 17.7 Å². The van der Waals surface area contributed by atoms with Crippen molar-refractivity contribution < 1.29 is 24.5 Å². The van der Waals surface area contributed by atoms with Crippen molar-refractivity contribution in [2.45, 2.75) is 38.4 Å². The Bertz CT molecular complexity index is 1150. The van der Waals surface area contributed by atoms with Crippen LogP contribution < -0.4 is 0 Å². The van der Waals surface area contributed by atoms with Crippen LogP contribution in [0.1, 0.15) is 42.1 Å². The van der Waals surface area contributed by atoms with Crippen molar-refractivity contribution >= 4 is 11.5 Å². The fraction of sp³-hybridized carbons (Fsp3) is 0.286. The molecule has 0 spiro atoms. The molecule has 0 saturated carbocycles. The molecule has 0 aliphatic rings. The Hall–Kier alpha value is -3.35. The molecule has 4 unspecified atom stereocenters. The molecule has 1 aromatic heterocycles. The molecule has 0 radical (unpaired) electrons. The highest BCUT2D eigenvalue weighted by Crippen LogP contribution is 2.49. The van der Waals surface area contributed by atoms with Gasteiger partial charge in [0, 0.05) is 12.1 Å². The number of aliphatic carboxylic acids is 1. The Labute approximate surface area is 199 Å². The lowest BCUT2D eigenvalue weighted by molar-refractivity contribution is -0.163. The number of carbonyl (C=O) groups is 1. The van der Waals surface area contributed by atoms with Crippen molar-refractivity contribution in [3.63, 3.8) is 0 Å². The van der Waals surface area contributed by atoms with Crippen LogP contribution in [0.15, 0.2) is 79.5 Å². The molecule has 1 heterocycles. The third-order valence-corrected chi connectivity index (χ3v) is 6.35. The smallest absolute Gasteiger partial charge is 0.310 e. The molecule has 0 saturated heterocycles. The lowest BCUT2D eigenvalue weighted by atomic mass is 9.64. The van der Waals surface area contributed by atoms with Crippen molar-refractivity contribution in [1.29, 1.82) is 0 Å². The second kappa shape index (κ2) is 10.3. The summed E-state index contributed by atoms with van der Waals surface area (Å²) >= 11 is 0. The van der Waals surface area contributed by atoms with Crippen molar-refractivity contribution in [1.82, 2.24) is 4.98 Å². The Morgan fingerprint density at radius 1 is 1.03 bits per heavy atom. The Balaban J connectivity index is 2.31. The first-order valence-corrected chi connectivity index (χ1v) is 11.1. The van der Waals surface area contributed by atoms with Crippen LogP contribution in [0.25, 0.3) is 5.57 Å². The van der Waals surface area contributed by atoms with Crippen LogP contribution in [0.4, 0.5) is 4.39 Å². The number of nitrogens with zero attached hydrogens (tertiary/aromatic N) is 1. The number of benzene rings is 2. The third-order valence-electron chi connectivity index (χ3n) is 6.35. The average molecular weight is 464 g/mol. The van der Waals surface area contributed by atoms with E-state index in [4.69, 9.17) is 0 Å². The Morgan fingerprint density at radius 2 is 1.65 bits per heavy atom. The van der Waals surface area contributed by atoms with Gasteiger partial charge in [-0.2, -0.15) is 0 Å². The largest absolute Gasteiger partial charge is 0.481 e. The summed E-state index contributed by atoms with van der Waals surface area (Å²) < 4.78 is 13.8. The summed E-state index contributed by atoms with van der Waals surface area (Å²) in [6, 6.07) is 17.5. The summed E-state index contributed by atoms with van der Waals surface area (Å²) in [6.07, 6.45) is 0.0586. The molecule has 0 aliphatic carbocycles. The van der Waals surface area contributed by atoms with Crippen LogP contribution in [0, 0.1) is 24.6 Å². The SMILES string of the molecule is C=C(c1ccccc1C)C(O)C(c1ccc(F)cc1)C(O)(c1ccccn1)C(C(=O)O)C(C)C.